The van der Waals surface area contributed by atoms with Crippen LogP contribution in [0.15, 0.2) is 18.2 Å². The van der Waals surface area contributed by atoms with E-state index in [2.05, 4.69) is 0 Å². The van der Waals surface area contributed by atoms with E-state index in [1.807, 2.05) is 0 Å². The van der Waals surface area contributed by atoms with Gasteiger partial charge in [0.1, 0.15) is 0 Å². The average molecular weight is 260 g/mol. The molecule has 1 saturated heterocycles. The third-order valence-corrected chi connectivity index (χ3v) is 3.11. The predicted octanol–water partition coefficient (Wildman–Crippen LogP) is 2.69. The largest absolute Gasteiger partial charge is 0.493 e. The van der Waals surface area contributed by atoms with E-state index in [4.69, 9.17) is 27.9 Å². The maximum absolute atomic E-state index is 11.7. The Hall–Kier alpha value is -0.930. The molecule has 1 aliphatic rings. The summed E-state index contributed by atoms with van der Waals surface area (Å²) in [5.74, 6) is 0.517. The number of benzene rings is 1. The molecule has 16 heavy (non-hydrogen) atoms. The zero-order chi connectivity index (χ0) is 11.7. The van der Waals surface area contributed by atoms with E-state index in [1.54, 1.807) is 23.1 Å². The molecule has 1 fully saturated rings. The summed E-state index contributed by atoms with van der Waals surface area (Å²) >= 11 is 11.9. The summed E-state index contributed by atoms with van der Waals surface area (Å²) < 4.78 is 5.20. The molecule has 1 unspecified atom stereocenters. The van der Waals surface area contributed by atoms with Crippen LogP contribution in [0.3, 0.4) is 0 Å². The van der Waals surface area contributed by atoms with E-state index in [0.717, 1.165) is 0 Å². The molecule has 5 heteroatoms. The second-order valence-electron chi connectivity index (χ2n) is 3.60. The van der Waals surface area contributed by atoms with Crippen LogP contribution in [0, 0.1) is 0 Å². The lowest BCUT2D eigenvalue weighted by Gasteiger charge is -2.19. The van der Waals surface area contributed by atoms with Crippen LogP contribution in [-0.2, 0) is 4.79 Å². The van der Waals surface area contributed by atoms with Gasteiger partial charge in [0.2, 0.25) is 5.91 Å². The fraction of sp³-hybridized carbons (Fsp3) is 0.364. The quantitative estimate of drug-likeness (QED) is 0.765. The van der Waals surface area contributed by atoms with Crippen molar-refractivity contribution >= 4 is 34.8 Å². The van der Waals surface area contributed by atoms with Crippen LogP contribution >= 0.6 is 23.2 Å². The van der Waals surface area contributed by atoms with Gasteiger partial charge in [-0.25, -0.2) is 0 Å². The van der Waals surface area contributed by atoms with Gasteiger partial charge in [-0.1, -0.05) is 17.7 Å². The minimum absolute atomic E-state index is 0.000525. The van der Waals surface area contributed by atoms with Crippen molar-refractivity contribution in [3.8, 4) is 5.75 Å². The molecule has 1 aliphatic heterocycles. The Labute approximate surface area is 104 Å². The molecule has 0 saturated carbocycles. The summed E-state index contributed by atoms with van der Waals surface area (Å²) in [6.45, 7) is 0.497. The van der Waals surface area contributed by atoms with Gasteiger partial charge in [0.05, 0.1) is 23.2 Å². The first-order chi connectivity index (χ1) is 7.63. The number of nitrogens with zero attached hydrogens (tertiary/aromatic N) is 1. The minimum atomic E-state index is -0.142. The molecule has 1 heterocycles. The summed E-state index contributed by atoms with van der Waals surface area (Å²) in [5.41, 5.74) is 0.683. The normalized spacial score (nSPS) is 20.3. The van der Waals surface area contributed by atoms with Crippen molar-refractivity contribution in [3.63, 3.8) is 0 Å². The standard InChI is InChI=1S/C11H11Cl2NO2/c1-16-11-8(13)3-2-4-9(11)14-6-7(12)5-10(14)15/h2-4,7H,5-6H2,1H3. The van der Waals surface area contributed by atoms with E-state index < -0.39 is 0 Å². The number of ether oxygens (including phenoxy) is 1. The van der Waals surface area contributed by atoms with Gasteiger partial charge in [0, 0.05) is 13.0 Å². The van der Waals surface area contributed by atoms with Gasteiger partial charge in [-0.3, -0.25) is 4.79 Å². The second kappa shape index (κ2) is 4.52. The van der Waals surface area contributed by atoms with Gasteiger partial charge in [-0.05, 0) is 12.1 Å². The number of methoxy groups -OCH3 is 1. The number of anilines is 1. The van der Waals surface area contributed by atoms with Gasteiger partial charge in [-0.2, -0.15) is 0 Å². The SMILES string of the molecule is COc1c(Cl)cccc1N1CC(Cl)CC1=O. The molecule has 1 atom stereocenters. The molecular formula is C11H11Cl2NO2. The highest BCUT2D eigenvalue weighted by Gasteiger charge is 2.31. The van der Waals surface area contributed by atoms with Crippen LogP contribution in [0.25, 0.3) is 0 Å². The van der Waals surface area contributed by atoms with Crippen LogP contribution in [-0.4, -0.2) is 24.9 Å². The van der Waals surface area contributed by atoms with Crippen molar-refractivity contribution in [2.24, 2.45) is 0 Å². The van der Waals surface area contributed by atoms with Gasteiger partial charge >= 0.3 is 0 Å². The first kappa shape index (κ1) is 11.6. The molecule has 86 valence electrons. The van der Waals surface area contributed by atoms with E-state index >= 15 is 0 Å². The van der Waals surface area contributed by atoms with E-state index in [1.165, 1.54) is 7.11 Å². The Morgan fingerprint density at radius 1 is 1.50 bits per heavy atom. The van der Waals surface area contributed by atoms with E-state index in [-0.39, 0.29) is 11.3 Å². The zero-order valence-electron chi connectivity index (χ0n) is 8.74. The monoisotopic (exact) mass is 259 g/mol. The number of carbonyl (C=O) groups excluding carboxylic acids is 1. The molecule has 3 nitrogen and oxygen atoms in total. The molecule has 1 aromatic carbocycles. The van der Waals surface area contributed by atoms with Crippen molar-refractivity contribution in [1.29, 1.82) is 0 Å². The van der Waals surface area contributed by atoms with Crippen molar-refractivity contribution in [3.05, 3.63) is 23.2 Å². The lowest BCUT2D eigenvalue weighted by molar-refractivity contribution is -0.117. The van der Waals surface area contributed by atoms with E-state index in [9.17, 15) is 4.79 Å². The zero-order valence-corrected chi connectivity index (χ0v) is 10.3. The summed E-state index contributed by atoms with van der Waals surface area (Å²) in [5, 5.41) is 0.349. The van der Waals surface area contributed by atoms with Crippen LogP contribution in [0.4, 0.5) is 5.69 Å². The van der Waals surface area contributed by atoms with Gasteiger partial charge < -0.3 is 9.64 Å². The first-order valence-electron chi connectivity index (χ1n) is 4.90. The Kier molecular flexibility index (Phi) is 3.26. The summed E-state index contributed by atoms with van der Waals surface area (Å²) in [6.07, 6.45) is 0.358. The number of rotatable bonds is 2. The average Bonchev–Trinajstić information content (AvgIpc) is 2.57. The molecule has 0 radical (unpaired) electrons. The third-order valence-electron chi connectivity index (χ3n) is 2.52. The molecule has 2 rings (SSSR count). The maximum atomic E-state index is 11.7. The lowest BCUT2D eigenvalue weighted by atomic mass is 10.2. The molecule has 0 aliphatic carbocycles. The number of para-hydroxylation sites is 1. The molecule has 0 bridgehead atoms. The van der Waals surface area contributed by atoms with Crippen LogP contribution < -0.4 is 9.64 Å². The molecule has 1 aromatic rings. The van der Waals surface area contributed by atoms with Gasteiger partial charge in [0.25, 0.3) is 0 Å². The third kappa shape index (κ3) is 1.97. The summed E-state index contributed by atoms with van der Waals surface area (Å²) in [7, 11) is 1.53. The highest BCUT2D eigenvalue weighted by molar-refractivity contribution is 6.32. The highest BCUT2D eigenvalue weighted by atomic mass is 35.5. The molecule has 1 amide bonds. The van der Waals surface area contributed by atoms with E-state index in [0.29, 0.717) is 29.4 Å². The van der Waals surface area contributed by atoms with Crippen LogP contribution in [0.5, 0.6) is 5.75 Å². The predicted molar refractivity (Wildman–Crippen MR) is 64.6 cm³/mol. The van der Waals surface area contributed by atoms with Crippen molar-refractivity contribution in [2.75, 3.05) is 18.6 Å². The molecule has 0 N–H and O–H groups in total. The number of hydrogen-bond acceptors (Lipinski definition) is 2. The Morgan fingerprint density at radius 2 is 2.25 bits per heavy atom. The minimum Gasteiger partial charge on any atom is -0.493 e. The number of amides is 1. The first-order valence-corrected chi connectivity index (χ1v) is 5.72. The van der Waals surface area contributed by atoms with Crippen LogP contribution in [0.2, 0.25) is 5.02 Å². The Bertz CT molecular complexity index is 422. The topological polar surface area (TPSA) is 29.5 Å². The van der Waals surface area contributed by atoms with Crippen molar-refractivity contribution in [2.45, 2.75) is 11.8 Å². The summed E-state index contributed by atoms with van der Waals surface area (Å²) in [6, 6.07) is 5.31. The van der Waals surface area contributed by atoms with Gasteiger partial charge in [-0.15, -0.1) is 11.6 Å². The highest BCUT2D eigenvalue weighted by Crippen LogP contribution is 2.37. The maximum Gasteiger partial charge on any atom is 0.228 e. The van der Waals surface area contributed by atoms with Crippen molar-refractivity contribution in [1.82, 2.24) is 0 Å². The number of hydrogen-bond donors (Lipinski definition) is 0. The number of carbonyl (C=O) groups is 1. The van der Waals surface area contributed by atoms with Crippen molar-refractivity contribution < 1.29 is 9.53 Å². The van der Waals surface area contributed by atoms with Crippen LogP contribution in [0.1, 0.15) is 6.42 Å². The Morgan fingerprint density at radius 3 is 2.81 bits per heavy atom. The molecular weight excluding hydrogens is 249 g/mol. The fourth-order valence-corrected chi connectivity index (χ4v) is 2.33. The number of halogens is 2. The smallest absolute Gasteiger partial charge is 0.228 e. The molecule has 0 spiro atoms. The Balaban J connectivity index is 2.40. The summed E-state index contributed by atoms with van der Waals surface area (Å²) in [4.78, 5) is 13.3. The fourth-order valence-electron chi connectivity index (χ4n) is 1.81. The molecule has 0 aromatic heterocycles. The lowest BCUT2D eigenvalue weighted by Crippen LogP contribution is -2.25. The van der Waals surface area contributed by atoms with Gasteiger partial charge in [0.15, 0.2) is 5.75 Å². The number of alkyl halides is 1. The second-order valence-corrected chi connectivity index (χ2v) is 4.62.